The third-order valence-electron chi connectivity index (χ3n) is 7.34. The molecule has 4 N–H and O–H groups in total. The summed E-state index contributed by atoms with van der Waals surface area (Å²) in [6.45, 7) is 1.89. The number of allylic oxidation sites excluding steroid dienone is 2. The standard InChI is InChI=1S/C28H31ClFN7O3/c1-35(2)22(39)7-8-32-28-33-25-20(26(34-28)36-9-11-37(12-10-36)27(31)40)15-21(29)23(24(25)30)19-14-17(38)13-16-5-3-4-6-18(16)19/h3-6,14-15,19,38H,7-13H2,1-2H3,(H2,31,40)(H,32,33,34). The molecule has 2 aromatic carbocycles. The number of primary amides is 1. The van der Waals surface area contributed by atoms with Crippen LogP contribution < -0.4 is 16.0 Å². The molecule has 1 unspecified atom stereocenters. The fourth-order valence-electron chi connectivity index (χ4n) is 5.22. The Hall–Kier alpha value is -4.12. The van der Waals surface area contributed by atoms with E-state index < -0.39 is 17.8 Å². The average Bonchev–Trinajstić information content (AvgIpc) is 2.93. The molecule has 3 aromatic rings. The van der Waals surface area contributed by atoms with Crippen LogP contribution in [0.3, 0.4) is 0 Å². The van der Waals surface area contributed by atoms with Crippen LogP contribution in [0.25, 0.3) is 10.9 Å². The molecule has 0 bridgehead atoms. The number of hydrogen-bond acceptors (Lipinski definition) is 7. The van der Waals surface area contributed by atoms with E-state index in [0.717, 1.165) is 11.1 Å². The van der Waals surface area contributed by atoms with Crippen LogP contribution in [-0.2, 0) is 11.2 Å². The van der Waals surface area contributed by atoms with Crippen LogP contribution in [0.15, 0.2) is 42.2 Å². The number of aliphatic hydroxyl groups is 1. The highest BCUT2D eigenvalue weighted by molar-refractivity contribution is 6.32. The molecule has 210 valence electrons. The van der Waals surface area contributed by atoms with Gasteiger partial charge in [-0.2, -0.15) is 4.98 Å². The molecule has 0 radical (unpaired) electrons. The van der Waals surface area contributed by atoms with E-state index in [0.29, 0.717) is 43.8 Å². The van der Waals surface area contributed by atoms with Gasteiger partial charge in [-0.1, -0.05) is 35.9 Å². The molecule has 5 rings (SSSR count). The van der Waals surface area contributed by atoms with Crippen molar-refractivity contribution in [1.82, 2.24) is 19.8 Å². The predicted octanol–water partition coefficient (Wildman–Crippen LogP) is 3.64. The third-order valence-corrected chi connectivity index (χ3v) is 7.65. The number of aromatic nitrogens is 2. The fourth-order valence-corrected chi connectivity index (χ4v) is 5.53. The minimum absolute atomic E-state index is 0.0686. The first-order valence-corrected chi connectivity index (χ1v) is 13.4. The molecule has 3 amide bonds. The maximum atomic E-state index is 16.5. The number of fused-ring (bicyclic) bond motifs is 2. The first-order chi connectivity index (χ1) is 19.1. The van der Waals surface area contributed by atoms with Gasteiger partial charge >= 0.3 is 6.03 Å². The van der Waals surface area contributed by atoms with Crippen LogP contribution in [0.4, 0.5) is 21.0 Å². The summed E-state index contributed by atoms with van der Waals surface area (Å²) in [7, 11) is 3.35. The lowest BCUT2D eigenvalue weighted by Gasteiger charge is -2.35. The summed E-state index contributed by atoms with van der Waals surface area (Å²) >= 11 is 6.77. The summed E-state index contributed by atoms with van der Waals surface area (Å²) in [5.41, 5.74) is 7.49. The van der Waals surface area contributed by atoms with Gasteiger partial charge in [0, 0.05) is 81.6 Å². The number of nitrogens with zero attached hydrogens (tertiary/aromatic N) is 5. The SMILES string of the molecule is CN(C)C(=O)CCNc1nc(N2CCN(C(N)=O)CC2)c2cc(Cl)c(C3C=C(O)Cc4ccccc43)c(F)c2n1. The number of benzene rings is 2. The zero-order chi connectivity index (χ0) is 28.6. The smallest absolute Gasteiger partial charge is 0.314 e. The molecular formula is C28H31ClFN7O3. The second-order valence-electron chi connectivity index (χ2n) is 10.1. The van der Waals surface area contributed by atoms with Gasteiger partial charge in [0.05, 0.1) is 5.76 Å². The van der Waals surface area contributed by atoms with Crippen molar-refractivity contribution in [3.8, 4) is 0 Å². The zero-order valence-corrected chi connectivity index (χ0v) is 23.1. The molecule has 10 nitrogen and oxygen atoms in total. The first kappa shape index (κ1) is 27.4. The summed E-state index contributed by atoms with van der Waals surface area (Å²) in [4.78, 5) is 37.9. The lowest BCUT2D eigenvalue weighted by Crippen LogP contribution is -2.50. The Bertz CT molecular complexity index is 1500. The Balaban J connectivity index is 1.60. The molecule has 1 aliphatic heterocycles. The van der Waals surface area contributed by atoms with Gasteiger partial charge in [0.25, 0.3) is 0 Å². The lowest BCUT2D eigenvalue weighted by atomic mass is 9.82. The van der Waals surface area contributed by atoms with Gasteiger partial charge < -0.3 is 30.9 Å². The Labute approximate surface area is 236 Å². The van der Waals surface area contributed by atoms with E-state index >= 15 is 4.39 Å². The number of halogens is 2. The van der Waals surface area contributed by atoms with E-state index in [4.69, 9.17) is 17.3 Å². The summed E-state index contributed by atoms with van der Waals surface area (Å²) in [6.07, 6.45) is 2.19. The van der Waals surface area contributed by atoms with E-state index in [9.17, 15) is 14.7 Å². The minimum Gasteiger partial charge on any atom is -0.512 e. The molecule has 40 heavy (non-hydrogen) atoms. The van der Waals surface area contributed by atoms with Gasteiger partial charge in [-0.15, -0.1) is 0 Å². The van der Waals surface area contributed by atoms with Crippen molar-refractivity contribution < 1.29 is 19.1 Å². The number of nitrogens with one attached hydrogen (secondary N) is 1. The maximum absolute atomic E-state index is 16.5. The van der Waals surface area contributed by atoms with Crippen LogP contribution in [0.1, 0.15) is 29.0 Å². The van der Waals surface area contributed by atoms with Gasteiger partial charge in [-0.05, 0) is 23.3 Å². The van der Waals surface area contributed by atoms with E-state index in [1.807, 2.05) is 29.2 Å². The summed E-state index contributed by atoms with van der Waals surface area (Å²) in [5.74, 6) is -0.512. The van der Waals surface area contributed by atoms with E-state index in [2.05, 4.69) is 15.3 Å². The predicted molar refractivity (Wildman–Crippen MR) is 152 cm³/mol. The van der Waals surface area contributed by atoms with Crippen LogP contribution in [0, 0.1) is 5.82 Å². The largest absolute Gasteiger partial charge is 0.512 e. The van der Waals surface area contributed by atoms with Crippen LogP contribution in [-0.4, -0.2) is 83.6 Å². The Morgan fingerprint density at radius 3 is 2.62 bits per heavy atom. The molecule has 1 atom stereocenters. The normalized spacial score (nSPS) is 16.9. The number of rotatable bonds is 6. The summed E-state index contributed by atoms with van der Waals surface area (Å²) in [5, 5.41) is 14.1. The number of aliphatic hydroxyl groups excluding tert-OH is 1. The quantitative estimate of drug-likeness (QED) is 0.415. The lowest BCUT2D eigenvalue weighted by molar-refractivity contribution is -0.128. The van der Waals surface area contributed by atoms with Gasteiger partial charge in [-0.25, -0.2) is 14.2 Å². The van der Waals surface area contributed by atoms with Crippen molar-refractivity contribution in [1.29, 1.82) is 0 Å². The number of piperazine rings is 1. The number of carbonyl (C=O) groups is 2. The minimum atomic E-state index is -0.611. The zero-order valence-electron chi connectivity index (χ0n) is 22.3. The summed E-state index contributed by atoms with van der Waals surface area (Å²) in [6, 6.07) is 8.72. The number of amides is 3. The van der Waals surface area contributed by atoms with Crippen molar-refractivity contribution in [3.05, 3.63) is 69.7 Å². The van der Waals surface area contributed by atoms with Crippen LogP contribution >= 0.6 is 11.6 Å². The molecule has 12 heteroatoms. The molecule has 0 spiro atoms. The fraction of sp³-hybridized carbons (Fsp3) is 0.357. The van der Waals surface area contributed by atoms with Crippen molar-refractivity contribution in [2.45, 2.75) is 18.8 Å². The first-order valence-electron chi connectivity index (χ1n) is 13.0. The van der Waals surface area contributed by atoms with Gasteiger partial charge in [-0.3, -0.25) is 4.79 Å². The Morgan fingerprint density at radius 2 is 1.93 bits per heavy atom. The Kier molecular flexibility index (Phi) is 7.66. The molecule has 1 saturated heterocycles. The third kappa shape index (κ3) is 5.33. The Morgan fingerprint density at radius 1 is 1.20 bits per heavy atom. The van der Waals surface area contributed by atoms with Crippen LogP contribution in [0.2, 0.25) is 5.02 Å². The van der Waals surface area contributed by atoms with E-state index in [1.165, 1.54) is 9.80 Å². The molecule has 2 aliphatic rings. The van der Waals surface area contributed by atoms with Crippen molar-refractivity contribution in [2.75, 3.05) is 57.0 Å². The highest BCUT2D eigenvalue weighted by Gasteiger charge is 2.30. The van der Waals surface area contributed by atoms with E-state index in [1.54, 1.807) is 26.2 Å². The highest BCUT2D eigenvalue weighted by atomic mass is 35.5. The van der Waals surface area contributed by atoms with Gasteiger partial charge in [0.2, 0.25) is 11.9 Å². The molecule has 1 fully saturated rings. The second kappa shape index (κ2) is 11.2. The average molecular weight is 568 g/mol. The monoisotopic (exact) mass is 567 g/mol. The molecule has 0 saturated carbocycles. The number of carbonyl (C=O) groups excluding carboxylic acids is 2. The van der Waals surface area contributed by atoms with Crippen molar-refractivity contribution in [2.24, 2.45) is 5.73 Å². The number of urea groups is 1. The maximum Gasteiger partial charge on any atom is 0.314 e. The number of anilines is 2. The highest BCUT2D eigenvalue weighted by Crippen LogP contribution is 2.42. The van der Waals surface area contributed by atoms with E-state index in [-0.39, 0.29) is 46.7 Å². The molecule has 2 heterocycles. The molecular weight excluding hydrogens is 537 g/mol. The second-order valence-corrected chi connectivity index (χ2v) is 10.5. The molecule has 1 aromatic heterocycles. The number of nitrogens with two attached hydrogens (primary N) is 1. The van der Waals surface area contributed by atoms with Crippen molar-refractivity contribution >= 4 is 46.2 Å². The topological polar surface area (TPSA) is 128 Å². The van der Waals surface area contributed by atoms with Gasteiger partial charge in [0.15, 0.2) is 5.82 Å². The van der Waals surface area contributed by atoms with Crippen molar-refractivity contribution in [3.63, 3.8) is 0 Å². The van der Waals surface area contributed by atoms with Crippen LogP contribution in [0.5, 0.6) is 0 Å². The van der Waals surface area contributed by atoms with Gasteiger partial charge in [0.1, 0.15) is 11.3 Å². The molecule has 1 aliphatic carbocycles. The number of hydrogen-bond donors (Lipinski definition) is 3. The summed E-state index contributed by atoms with van der Waals surface area (Å²) < 4.78 is 16.5.